The minimum Gasteiger partial charge on any atom is -0.496 e. The lowest BCUT2D eigenvalue weighted by Gasteiger charge is -2.48. The third kappa shape index (κ3) is 3.60. The maximum absolute atomic E-state index is 12.8. The molecule has 0 atom stereocenters. The van der Waals surface area contributed by atoms with Crippen LogP contribution in [0.4, 0.5) is 4.79 Å². The molecule has 2 aromatic rings. The molecule has 1 saturated heterocycles. The van der Waals surface area contributed by atoms with Gasteiger partial charge in [-0.1, -0.05) is 48.5 Å². The standard InChI is InChI=1S/C24H31N3O2/c1-26(2)24(20-10-5-4-6-11-20)15-13-23(14-16-24)18-27(22(28)25-23)17-19-9-7-8-12-21(19)29-3/h4-12H,13-18H2,1-3H3,(H,25,28)/t23-,24-. The molecule has 5 heteroatoms. The number of nitrogens with zero attached hydrogens (tertiary/aromatic N) is 2. The van der Waals surface area contributed by atoms with Gasteiger partial charge in [0.15, 0.2) is 0 Å². The van der Waals surface area contributed by atoms with Gasteiger partial charge >= 0.3 is 6.03 Å². The molecule has 1 aliphatic heterocycles. The highest BCUT2D eigenvalue weighted by molar-refractivity contribution is 5.78. The van der Waals surface area contributed by atoms with Gasteiger partial charge in [0.2, 0.25) is 0 Å². The number of amides is 2. The zero-order valence-corrected chi connectivity index (χ0v) is 17.6. The van der Waals surface area contributed by atoms with Crippen LogP contribution in [0, 0.1) is 0 Å². The van der Waals surface area contributed by atoms with Crippen LogP contribution in [-0.2, 0) is 12.1 Å². The summed E-state index contributed by atoms with van der Waals surface area (Å²) in [7, 11) is 6.02. The maximum Gasteiger partial charge on any atom is 0.318 e. The molecule has 1 heterocycles. The molecule has 2 aromatic carbocycles. The van der Waals surface area contributed by atoms with E-state index in [2.05, 4.69) is 54.6 Å². The van der Waals surface area contributed by atoms with E-state index in [1.165, 1.54) is 5.56 Å². The molecule has 5 nitrogen and oxygen atoms in total. The molecule has 2 fully saturated rings. The Bertz CT molecular complexity index is 857. The number of urea groups is 1. The van der Waals surface area contributed by atoms with Crippen LogP contribution in [0.15, 0.2) is 54.6 Å². The number of carbonyl (C=O) groups excluding carboxylic acids is 1. The first-order chi connectivity index (χ1) is 14.0. The zero-order valence-electron chi connectivity index (χ0n) is 17.6. The molecule has 0 bridgehead atoms. The number of rotatable bonds is 5. The van der Waals surface area contributed by atoms with Crippen molar-refractivity contribution in [2.75, 3.05) is 27.7 Å². The Labute approximate surface area is 173 Å². The van der Waals surface area contributed by atoms with Gasteiger partial charge in [-0.15, -0.1) is 0 Å². The molecular formula is C24H31N3O2. The molecule has 2 aliphatic rings. The summed E-state index contributed by atoms with van der Waals surface area (Å²) >= 11 is 0. The number of nitrogens with one attached hydrogen (secondary N) is 1. The molecule has 0 radical (unpaired) electrons. The van der Waals surface area contributed by atoms with E-state index in [9.17, 15) is 4.79 Å². The Balaban J connectivity index is 1.49. The number of methoxy groups -OCH3 is 1. The van der Waals surface area contributed by atoms with Gasteiger partial charge < -0.3 is 15.0 Å². The Morgan fingerprint density at radius 3 is 2.31 bits per heavy atom. The van der Waals surface area contributed by atoms with E-state index < -0.39 is 0 Å². The highest BCUT2D eigenvalue weighted by Gasteiger charge is 2.49. The van der Waals surface area contributed by atoms with Crippen LogP contribution in [0.5, 0.6) is 5.75 Å². The zero-order chi connectivity index (χ0) is 20.5. The van der Waals surface area contributed by atoms with Crippen molar-refractivity contribution in [2.24, 2.45) is 0 Å². The average molecular weight is 394 g/mol. The fourth-order valence-corrected chi connectivity index (χ4v) is 5.12. The lowest BCUT2D eigenvalue weighted by Crippen LogP contribution is -2.54. The van der Waals surface area contributed by atoms with Gasteiger partial charge in [0.05, 0.1) is 19.2 Å². The molecule has 1 aliphatic carbocycles. The van der Waals surface area contributed by atoms with Crippen molar-refractivity contribution < 1.29 is 9.53 Å². The summed E-state index contributed by atoms with van der Waals surface area (Å²) in [6.07, 6.45) is 4.03. The molecule has 1 N–H and O–H groups in total. The smallest absolute Gasteiger partial charge is 0.318 e. The van der Waals surface area contributed by atoms with Gasteiger partial charge in [0.25, 0.3) is 0 Å². The summed E-state index contributed by atoms with van der Waals surface area (Å²) in [4.78, 5) is 17.1. The highest BCUT2D eigenvalue weighted by Crippen LogP contribution is 2.46. The van der Waals surface area contributed by atoms with E-state index in [0.29, 0.717) is 6.54 Å². The first kappa shape index (κ1) is 19.8. The van der Waals surface area contributed by atoms with E-state index >= 15 is 0 Å². The normalized spacial score (nSPS) is 26.8. The number of para-hydroxylation sites is 1. The lowest BCUT2D eigenvalue weighted by molar-refractivity contribution is 0.0617. The molecule has 4 rings (SSSR count). The van der Waals surface area contributed by atoms with Gasteiger partial charge in [0.1, 0.15) is 5.75 Å². The monoisotopic (exact) mass is 393 g/mol. The van der Waals surface area contributed by atoms with Crippen LogP contribution in [-0.4, -0.2) is 49.1 Å². The summed E-state index contributed by atoms with van der Waals surface area (Å²) < 4.78 is 5.47. The third-order valence-corrected chi connectivity index (χ3v) is 6.91. The Morgan fingerprint density at radius 2 is 1.66 bits per heavy atom. The van der Waals surface area contributed by atoms with Crippen LogP contribution in [0.25, 0.3) is 0 Å². The highest BCUT2D eigenvalue weighted by atomic mass is 16.5. The first-order valence-corrected chi connectivity index (χ1v) is 10.4. The second-order valence-electron chi connectivity index (χ2n) is 8.67. The minimum atomic E-state index is -0.132. The van der Waals surface area contributed by atoms with E-state index in [-0.39, 0.29) is 17.1 Å². The lowest BCUT2D eigenvalue weighted by atomic mass is 9.69. The minimum absolute atomic E-state index is 0.0350. The maximum atomic E-state index is 12.8. The van der Waals surface area contributed by atoms with E-state index in [1.807, 2.05) is 29.2 Å². The van der Waals surface area contributed by atoms with Gasteiger partial charge in [0, 0.05) is 17.6 Å². The number of hydrogen-bond donors (Lipinski definition) is 1. The van der Waals surface area contributed by atoms with Crippen LogP contribution in [0.1, 0.15) is 36.8 Å². The largest absolute Gasteiger partial charge is 0.496 e. The number of ether oxygens (including phenoxy) is 1. The van der Waals surface area contributed by atoms with Crippen molar-refractivity contribution in [1.29, 1.82) is 0 Å². The van der Waals surface area contributed by atoms with Crippen molar-refractivity contribution in [1.82, 2.24) is 15.1 Å². The second-order valence-corrected chi connectivity index (χ2v) is 8.67. The van der Waals surface area contributed by atoms with Crippen LogP contribution in [0.2, 0.25) is 0 Å². The summed E-state index contributed by atoms with van der Waals surface area (Å²) in [5.41, 5.74) is 2.32. The number of benzene rings is 2. The fourth-order valence-electron chi connectivity index (χ4n) is 5.12. The predicted octanol–water partition coefficient (Wildman–Crippen LogP) is 3.99. The van der Waals surface area contributed by atoms with Gasteiger partial charge in [-0.2, -0.15) is 0 Å². The molecule has 29 heavy (non-hydrogen) atoms. The molecule has 154 valence electrons. The summed E-state index contributed by atoms with van der Waals surface area (Å²) in [5.74, 6) is 0.834. The van der Waals surface area contributed by atoms with Crippen molar-refractivity contribution in [2.45, 2.75) is 43.3 Å². The van der Waals surface area contributed by atoms with Crippen LogP contribution < -0.4 is 10.1 Å². The quantitative estimate of drug-likeness (QED) is 0.835. The van der Waals surface area contributed by atoms with Gasteiger partial charge in [-0.25, -0.2) is 4.79 Å². The summed E-state index contributed by atoms with van der Waals surface area (Å²) in [6.45, 7) is 1.33. The van der Waals surface area contributed by atoms with Crippen molar-refractivity contribution in [3.05, 3.63) is 65.7 Å². The van der Waals surface area contributed by atoms with Crippen molar-refractivity contribution >= 4 is 6.03 Å². The van der Waals surface area contributed by atoms with Crippen molar-refractivity contribution in [3.63, 3.8) is 0 Å². The Morgan fingerprint density at radius 1 is 1.00 bits per heavy atom. The van der Waals surface area contributed by atoms with Gasteiger partial charge in [-0.05, 0) is 51.4 Å². The molecular weight excluding hydrogens is 362 g/mol. The second kappa shape index (κ2) is 7.71. The SMILES string of the molecule is COc1ccccc1CN1C[C@]2(CC[C@@](c3ccccc3)(N(C)C)CC2)NC1=O. The number of carbonyl (C=O) groups is 1. The summed E-state index contributed by atoms with van der Waals surface area (Å²) in [5, 5.41) is 3.33. The predicted molar refractivity (Wildman–Crippen MR) is 115 cm³/mol. The Kier molecular flexibility index (Phi) is 5.26. The average Bonchev–Trinajstić information content (AvgIpc) is 3.04. The van der Waals surface area contributed by atoms with Crippen LogP contribution >= 0.6 is 0 Å². The molecule has 0 aromatic heterocycles. The first-order valence-electron chi connectivity index (χ1n) is 10.4. The van der Waals surface area contributed by atoms with Gasteiger partial charge in [-0.3, -0.25) is 4.90 Å². The molecule has 1 spiro atoms. The number of hydrogen-bond acceptors (Lipinski definition) is 3. The summed E-state index contributed by atoms with van der Waals surface area (Å²) in [6, 6.07) is 18.8. The Hall–Kier alpha value is -2.53. The van der Waals surface area contributed by atoms with Crippen LogP contribution in [0.3, 0.4) is 0 Å². The molecule has 1 saturated carbocycles. The third-order valence-electron chi connectivity index (χ3n) is 6.91. The van der Waals surface area contributed by atoms with Crippen molar-refractivity contribution in [3.8, 4) is 5.75 Å². The fraction of sp³-hybridized carbons (Fsp3) is 0.458. The molecule has 2 amide bonds. The van der Waals surface area contributed by atoms with E-state index in [4.69, 9.17) is 4.74 Å². The topological polar surface area (TPSA) is 44.8 Å². The van der Waals surface area contributed by atoms with E-state index in [0.717, 1.165) is 43.5 Å². The van der Waals surface area contributed by atoms with E-state index in [1.54, 1.807) is 7.11 Å². The molecule has 0 unspecified atom stereocenters.